The average molecular weight is 287 g/mol. The molecule has 1 atom stereocenters. The van der Waals surface area contributed by atoms with E-state index >= 15 is 0 Å². The van der Waals surface area contributed by atoms with E-state index in [4.69, 9.17) is 4.74 Å². The minimum Gasteiger partial charge on any atom is -0.485 e. The van der Waals surface area contributed by atoms with E-state index in [0.717, 1.165) is 35.7 Å². The van der Waals surface area contributed by atoms with Crippen LogP contribution < -0.4 is 4.74 Å². The molecular weight excluding hydrogens is 266 g/mol. The molecule has 5 nitrogen and oxygen atoms in total. The van der Waals surface area contributed by atoms with Crippen molar-refractivity contribution in [3.8, 4) is 5.75 Å². The van der Waals surface area contributed by atoms with Gasteiger partial charge < -0.3 is 14.4 Å². The number of fused-ring (bicyclic) bond motifs is 1. The van der Waals surface area contributed by atoms with Gasteiger partial charge in [-0.05, 0) is 38.8 Å². The summed E-state index contributed by atoms with van der Waals surface area (Å²) in [7, 11) is 0. The molecule has 21 heavy (non-hydrogen) atoms. The van der Waals surface area contributed by atoms with E-state index < -0.39 is 6.10 Å². The lowest BCUT2D eigenvalue weighted by Crippen LogP contribution is -2.14. The molecule has 2 aromatic rings. The van der Waals surface area contributed by atoms with Crippen LogP contribution in [0.4, 0.5) is 0 Å². The lowest BCUT2D eigenvalue weighted by atomic mass is 10.1. The van der Waals surface area contributed by atoms with Gasteiger partial charge in [-0.15, -0.1) is 10.2 Å². The van der Waals surface area contributed by atoms with E-state index in [0.29, 0.717) is 12.4 Å². The summed E-state index contributed by atoms with van der Waals surface area (Å²) in [5.41, 5.74) is 1.92. The molecule has 3 rings (SSSR count). The average Bonchev–Trinajstić information content (AvgIpc) is 2.89. The lowest BCUT2D eigenvalue weighted by Gasteiger charge is -2.16. The zero-order chi connectivity index (χ0) is 14.8. The summed E-state index contributed by atoms with van der Waals surface area (Å²) >= 11 is 0. The maximum absolute atomic E-state index is 9.87. The number of aliphatic hydroxyl groups excluding tert-OH is 1. The number of rotatable bonds is 4. The highest BCUT2D eigenvalue weighted by Gasteiger charge is 2.17. The summed E-state index contributed by atoms with van der Waals surface area (Å²) < 4.78 is 8.03. The van der Waals surface area contributed by atoms with E-state index in [1.165, 1.54) is 12.8 Å². The van der Waals surface area contributed by atoms with Gasteiger partial charge in [-0.25, -0.2) is 0 Å². The van der Waals surface area contributed by atoms with Crippen LogP contribution in [0.15, 0.2) is 18.2 Å². The molecule has 1 aliphatic rings. The Hall–Kier alpha value is -1.88. The summed E-state index contributed by atoms with van der Waals surface area (Å²) in [5.74, 6) is 2.63. The Kier molecular flexibility index (Phi) is 3.92. The highest BCUT2D eigenvalue weighted by molar-refractivity contribution is 5.38. The molecule has 1 N–H and O–H groups in total. The zero-order valence-corrected chi connectivity index (χ0v) is 12.5. The van der Waals surface area contributed by atoms with Gasteiger partial charge in [0.05, 0.1) is 6.10 Å². The van der Waals surface area contributed by atoms with E-state index in [2.05, 4.69) is 14.8 Å². The van der Waals surface area contributed by atoms with E-state index in [-0.39, 0.29) is 0 Å². The van der Waals surface area contributed by atoms with Crippen molar-refractivity contribution in [1.29, 1.82) is 0 Å². The highest BCUT2D eigenvalue weighted by atomic mass is 16.5. The van der Waals surface area contributed by atoms with Gasteiger partial charge >= 0.3 is 0 Å². The summed E-state index contributed by atoms with van der Waals surface area (Å²) in [6, 6.07) is 5.85. The molecule has 5 heteroatoms. The van der Waals surface area contributed by atoms with E-state index in [1.807, 2.05) is 25.1 Å². The number of benzene rings is 1. The third-order valence-electron chi connectivity index (χ3n) is 3.91. The monoisotopic (exact) mass is 287 g/mol. The topological polar surface area (TPSA) is 60.2 Å². The Morgan fingerprint density at radius 3 is 3.00 bits per heavy atom. The minimum atomic E-state index is -0.549. The number of aryl methyl sites for hydroxylation is 2. The Morgan fingerprint density at radius 1 is 1.33 bits per heavy atom. The van der Waals surface area contributed by atoms with Gasteiger partial charge in [0, 0.05) is 18.5 Å². The number of aromatic nitrogens is 3. The number of hydrogen-bond acceptors (Lipinski definition) is 4. The van der Waals surface area contributed by atoms with Crippen LogP contribution in [-0.2, 0) is 19.6 Å². The minimum absolute atomic E-state index is 0.385. The van der Waals surface area contributed by atoms with Gasteiger partial charge in [-0.2, -0.15) is 0 Å². The molecule has 0 bridgehead atoms. The van der Waals surface area contributed by atoms with Crippen molar-refractivity contribution < 1.29 is 9.84 Å². The first kappa shape index (κ1) is 14.1. The molecule has 0 aliphatic carbocycles. The molecule has 0 radical (unpaired) electrons. The fourth-order valence-corrected chi connectivity index (χ4v) is 2.74. The lowest BCUT2D eigenvalue weighted by molar-refractivity contribution is 0.189. The molecule has 1 aromatic carbocycles. The van der Waals surface area contributed by atoms with Gasteiger partial charge in [0.1, 0.15) is 18.2 Å². The number of ether oxygens (including phenoxy) is 1. The zero-order valence-electron chi connectivity index (χ0n) is 12.5. The molecule has 0 saturated carbocycles. The van der Waals surface area contributed by atoms with Crippen LogP contribution in [-0.4, -0.2) is 19.9 Å². The van der Waals surface area contributed by atoms with Crippen LogP contribution in [0.2, 0.25) is 0 Å². The van der Waals surface area contributed by atoms with Gasteiger partial charge in [0.2, 0.25) is 0 Å². The van der Waals surface area contributed by atoms with Crippen LogP contribution in [0.3, 0.4) is 0 Å². The normalized spacial score (nSPS) is 15.6. The molecule has 1 aliphatic heterocycles. The predicted octanol–water partition coefficient (Wildman–Crippen LogP) is 2.56. The summed E-state index contributed by atoms with van der Waals surface area (Å²) in [5, 5.41) is 18.3. The van der Waals surface area contributed by atoms with E-state index in [9.17, 15) is 5.11 Å². The number of aliphatic hydroxyl groups is 1. The van der Waals surface area contributed by atoms with Gasteiger partial charge in [-0.3, -0.25) is 0 Å². The predicted molar refractivity (Wildman–Crippen MR) is 79.1 cm³/mol. The van der Waals surface area contributed by atoms with Crippen molar-refractivity contribution in [2.45, 2.75) is 52.4 Å². The Bertz CT molecular complexity index is 634. The first-order valence-corrected chi connectivity index (χ1v) is 7.47. The second-order valence-corrected chi connectivity index (χ2v) is 5.65. The number of hydrogen-bond donors (Lipinski definition) is 1. The fourth-order valence-electron chi connectivity index (χ4n) is 2.74. The molecule has 1 unspecified atom stereocenters. The van der Waals surface area contributed by atoms with Crippen molar-refractivity contribution >= 4 is 0 Å². The third-order valence-corrected chi connectivity index (χ3v) is 3.91. The summed E-state index contributed by atoms with van der Waals surface area (Å²) in [6.45, 7) is 5.11. The SMILES string of the molecule is Cc1ccc(OCc2nnc3n2CCCC3)c(C(C)O)c1. The fraction of sp³-hybridized carbons (Fsp3) is 0.500. The van der Waals surface area contributed by atoms with Crippen molar-refractivity contribution in [2.75, 3.05) is 0 Å². The Balaban J connectivity index is 1.77. The molecular formula is C16H21N3O2. The van der Waals surface area contributed by atoms with Crippen LogP contribution in [0.5, 0.6) is 5.75 Å². The van der Waals surface area contributed by atoms with Gasteiger partial charge in [-0.1, -0.05) is 11.6 Å². The third kappa shape index (κ3) is 2.93. The molecule has 0 fully saturated rings. The molecule has 112 valence electrons. The van der Waals surface area contributed by atoms with Crippen LogP contribution in [0.1, 0.15) is 48.6 Å². The molecule has 0 amide bonds. The van der Waals surface area contributed by atoms with Crippen LogP contribution >= 0.6 is 0 Å². The Morgan fingerprint density at radius 2 is 2.19 bits per heavy atom. The molecule has 0 spiro atoms. The Labute approximate surface area is 124 Å². The largest absolute Gasteiger partial charge is 0.485 e. The first-order valence-electron chi connectivity index (χ1n) is 7.47. The van der Waals surface area contributed by atoms with E-state index in [1.54, 1.807) is 6.92 Å². The summed E-state index contributed by atoms with van der Waals surface area (Å²) in [4.78, 5) is 0. The first-order chi connectivity index (χ1) is 10.1. The molecule has 1 aromatic heterocycles. The van der Waals surface area contributed by atoms with Crippen LogP contribution in [0.25, 0.3) is 0 Å². The maximum Gasteiger partial charge on any atom is 0.171 e. The van der Waals surface area contributed by atoms with Crippen molar-refractivity contribution in [3.05, 3.63) is 41.0 Å². The smallest absolute Gasteiger partial charge is 0.171 e. The highest BCUT2D eigenvalue weighted by Crippen LogP contribution is 2.27. The molecule has 0 saturated heterocycles. The van der Waals surface area contributed by atoms with Crippen molar-refractivity contribution in [2.24, 2.45) is 0 Å². The molecule has 2 heterocycles. The van der Waals surface area contributed by atoms with Gasteiger partial charge in [0.15, 0.2) is 5.82 Å². The van der Waals surface area contributed by atoms with Crippen molar-refractivity contribution in [3.63, 3.8) is 0 Å². The summed E-state index contributed by atoms with van der Waals surface area (Å²) in [6.07, 6.45) is 2.80. The maximum atomic E-state index is 9.87. The standard InChI is InChI=1S/C16H21N3O2/c1-11-6-7-14(13(9-11)12(2)20)21-10-16-18-17-15-5-3-4-8-19(15)16/h6-7,9,12,20H,3-5,8,10H2,1-2H3. The van der Waals surface area contributed by atoms with Gasteiger partial charge in [0.25, 0.3) is 0 Å². The second-order valence-electron chi connectivity index (χ2n) is 5.65. The number of nitrogens with zero attached hydrogens (tertiary/aromatic N) is 3. The van der Waals surface area contributed by atoms with Crippen LogP contribution in [0, 0.1) is 6.92 Å². The quantitative estimate of drug-likeness (QED) is 0.939. The second kappa shape index (κ2) is 5.85. The van der Waals surface area contributed by atoms with Crippen molar-refractivity contribution in [1.82, 2.24) is 14.8 Å².